The van der Waals surface area contributed by atoms with E-state index in [1.165, 1.54) is 21.2 Å². The third-order valence-corrected chi connectivity index (χ3v) is 5.08. The molecule has 4 rings (SSSR count). The Labute approximate surface area is 164 Å². The molecule has 0 aliphatic carbocycles. The van der Waals surface area contributed by atoms with Crippen molar-refractivity contribution in [3.8, 4) is 5.69 Å². The van der Waals surface area contributed by atoms with Gasteiger partial charge in [-0.1, -0.05) is 29.4 Å². The van der Waals surface area contributed by atoms with Gasteiger partial charge in [-0.2, -0.15) is 18.3 Å². The van der Waals surface area contributed by atoms with Crippen molar-refractivity contribution in [3.63, 3.8) is 0 Å². The van der Waals surface area contributed by atoms with Crippen molar-refractivity contribution in [2.45, 2.75) is 17.1 Å². The normalized spacial score (nSPS) is 12.0. The Hall–Kier alpha value is -2.59. The van der Waals surface area contributed by atoms with Crippen molar-refractivity contribution in [1.82, 2.24) is 24.4 Å². The van der Waals surface area contributed by atoms with Gasteiger partial charge >= 0.3 is 6.18 Å². The lowest BCUT2D eigenvalue weighted by molar-refractivity contribution is -0.137. The highest BCUT2D eigenvalue weighted by molar-refractivity contribution is 7.98. The van der Waals surface area contributed by atoms with E-state index >= 15 is 0 Å². The molecule has 1 aromatic carbocycles. The molecule has 0 aliphatic heterocycles. The topological polar surface area (TPSA) is 48.0 Å². The van der Waals surface area contributed by atoms with E-state index in [9.17, 15) is 17.6 Å². The summed E-state index contributed by atoms with van der Waals surface area (Å²) in [5, 5.41) is 12.2. The van der Waals surface area contributed by atoms with Crippen LogP contribution in [0.3, 0.4) is 0 Å². The van der Waals surface area contributed by atoms with Gasteiger partial charge in [-0.15, -0.1) is 10.2 Å². The van der Waals surface area contributed by atoms with Crippen molar-refractivity contribution < 1.29 is 17.6 Å². The first kappa shape index (κ1) is 18.8. The summed E-state index contributed by atoms with van der Waals surface area (Å²) in [6.45, 7) is 0. The van der Waals surface area contributed by atoms with E-state index < -0.39 is 11.7 Å². The van der Waals surface area contributed by atoms with E-state index in [0.29, 0.717) is 17.1 Å². The molecular weight excluding hydrogens is 418 g/mol. The number of pyridine rings is 1. The van der Waals surface area contributed by atoms with E-state index in [1.54, 1.807) is 24.4 Å². The molecule has 3 heterocycles. The second kappa shape index (κ2) is 7.10. The lowest BCUT2D eigenvalue weighted by Gasteiger charge is -2.08. The number of fused-ring (bicyclic) bond motifs is 1. The summed E-state index contributed by atoms with van der Waals surface area (Å²) in [4.78, 5) is 0. The minimum Gasteiger partial charge on any atom is -0.276 e. The Morgan fingerprint density at radius 3 is 2.68 bits per heavy atom. The molecule has 0 amide bonds. The fourth-order valence-electron chi connectivity index (χ4n) is 2.53. The van der Waals surface area contributed by atoms with Crippen molar-refractivity contribution in [2.75, 3.05) is 0 Å². The molecule has 144 valence electrons. The molecular formula is C17H10ClF4N5S. The first-order chi connectivity index (χ1) is 13.3. The average Bonchev–Trinajstić information content (AvgIpc) is 3.26. The molecule has 28 heavy (non-hydrogen) atoms. The Kier molecular flexibility index (Phi) is 4.76. The van der Waals surface area contributed by atoms with E-state index in [0.717, 1.165) is 24.0 Å². The van der Waals surface area contributed by atoms with Gasteiger partial charge in [0.2, 0.25) is 0 Å². The molecule has 0 saturated heterocycles. The number of rotatable bonds is 4. The minimum absolute atomic E-state index is 0.135. The van der Waals surface area contributed by atoms with Crippen LogP contribution >= 0.6 is 23.4 Å². The van der Waals surface area contributed by atoms with Gasteiger partial charge in [0, 0.05) is 18.1 Å². The van der Waals surface area contributed by atoms with Gasteiger partial charge in [0.1, 0.15) is 5.82 Å². The molecule has 0 radical (unpaired) electrons. The maximum atomic E-state index is 13.3. The van der Waals surface area contributed by atoms with Crippen LogP contribution < -0.4 is 0 Å². The monoisotopic (exact) mass is 427 g/mol. The van der Waals surface area contributed by atoms with Crippen LogP contribution in [-0.2, 0) is 11.9 Å². The fourth-order valence-corrected chi connectivity index (χ4v) is 3.58. The van der Waals surface area contributed by atoms with Gasteiger partial charge in [-0.3, -0.25) is 4.40 Å². The zero-order valence-corrected chi connectivity index (χ0v) is 15.4. The Balaban J connectivity index is 1.57. The maximum Gasteiger partial charge on any atom is 0.417 e. The van der Waals surface area contributed by atoms with E-state index in [4.69, 9.17) is 11.6 Å². The molecule has 0 unspecified atom stereocenters. The van der Waals surface area contributed by atoms with Crippen molar-refractivity contribution in [3.05, 3.63) is 70.9 Å². The van der Waals surface area contributed by atoms with Crippen molar-refractivity contribution >= 4 is 29.0 Å². The summed E-state index contributed by atoms with van der Waals surface area (Å²) in [7, 11) is 0. The molecule has 0 bridgehead atoms. The minimum atomic E-state index is -4.53. The third kappa shape index (κ3) is 3.69. The molecule has 0 aliphatic rings. The summed E-state index contributed by atoms with van der Waals surface area (Å²) in [6.07, 6.45) is -1.95. The number of aromatic nitrogens is 5. The molecule has 11 heteroatoms. The third-order valence-electron chi connectivity index (χ3n) is 3.82. The zero-order valence-electron chi connectivity index (χ0n) is 13.9. The van der Waals surface area contributed by atoms with Crippen LogP contribution in [0.4, 0.5) is 17.6 Å². The van der Waals surface area contributed by atoms with Gasteiger partial charge in [-0.25, -0.2) is 9.07 Å². The summed E-state index contributed by atoms with van der Waals surface area (Å²) < 4.78 is 55.1. The number of thioether (sulfide) groups is 1. The van der Waals surface area contributed by atoms with E-state index in [-0.39, 0.29) is 21.6 Å². The summed E-state index contributed by atoms with van der Waals surface area (Å²) in [5.41, 5.74) is 0.458. The van der Waals surface area contributed by atoms with Crippen LogP contribution in [0.2, 0.25) is 5.02 Å². The largest absolute Gasteiger partial charge is 0.417 e. The number of benzene rings is 1. The predicted octanol–water partition coefficient (Wildman–Crippen LogP) is 5.02. The van der Waals surface area contributed by atoms with Gasteiger partial charge in [0.25, 0.3) is 0 Å². The lowest BCUT2D eigenvalue weighted by atomic mass is 10.3. The van der Waals surface area contributed by atoms with Gasteiger partial charge in [0.05, 0.1) is 22.0 Å². The number of alkyl halides is 3. The Morgan fingerprint density at radius 1 is 1.11 bits per heavy atom. The number of nitrogens with zero attached hydrogens (tertiary/aromatic N) is 5. The van der Waals surface area contributed by atoms with Crippen LogP contribution in [0.5, 0.6) is 0 Å². The van der Waals surface area contributed by atoms with Crippen LogP contribution in [0.25, 0.3) is 11.3 Å². The second-order valence-electron chi connectivity index (χ2n) is 5.77. The second-order valence-corrected chi connectivity index (χ2v) is 7.12. The van der Waals surface area contributed by atoms with Crippen LogP contribution in [-0.4, -0.2) is 24.4 Å². The van der Waals surface area contributed by atoms with E-state index in [2.05, 4.69) is 15.3 Å². The highest BCUT2D eigenvalue weighted by Crippen LogP contribution is 2.33. The summed E-state index contributed by atoms with van der Waals surface area (Å²) in [5.74, 6) is -0.0482. The molecule has 0 fully saturated rings. The van der Waals surface area contributed by atoms with Crippen LogP contribution in [0, 0.1) is 5.82 Å². The lowest BCUT2D eigenvalue weighted by Crippen LogP contribution is -2.07. The van der Waals surface area contributed by atoms with Crippen molar-refractivity contribution in [2.24, 2.45) is 0 Å². The average molecular weight is 428 g/mol. The quantitative estimate of drug-likeness (QED) is 0.339. The first-order valence-electron chi connectivity index (χ1n) is 7.86. The Morgan fingerprint density at radius 2 is 1.93 bits per heavy atom. The molecule has 5 nitrogen and oxygen atoms in total. The SMILES string of the molecule is Fc1cccc(-n2ccc(CSc3nnc4c(Cl)cc(C(F)(F)F)cn34)n2)c1. The highest BCUT2D eigenvalue weighted by atomic mass is 35.5. The predicted molar refractivity (Wildman–Crippen MR) is 96.1 cm³/mol. The van der Waals surface area contributed by atoms with E-state index in [1.807, 2.05) is 0 Å². The molecule has 4 aromatic rings. The standard InChI is InChI=1S/C17H10ClF4N5S/c18-14-6-10(17(20,21)22)8-26-15(14)23-24-16(26)28-9-12-4-5-27(25-12)13-3-1-2-11(19)7-13/h1-8H,9H2. The zero-order chi connectivity index (χ0) is 19.9. The fraction of sp³-hybridized carbons (Fsp3) is 0.118. The number of hydrogen-bond acceptors (Lipinski definition) is 4. The van der Waals surface area contributed by atoms with Crippen LogP contribution in [0.15, 0.2) is 53.9 Å². The van der Waals surface area contributed by atoms with Gasteiger partial charge in [-0.05, 0) is 30.3 Å². The summed E-state index contributed by atoms with van der Waals surface area (Å²) >= 11 is 7.07. The first-order valence-corrected chi connectivity index (χ1v) is 9.22. The van der Waals surface area contributed by atoms with Gasteiger partial charge in [0.15, 0.2) is 10.8 Å². The highest BCUT2D eigenvalue weighted by Gasteiger charge is 2.32. The molecule has 0 atom stereocenters. The maximum absolute atomic E-state index is 13.3. The number of halogens is 5. The molecule has 0 N–H and O–H groups in total. The molecule has 0 spiro atoms. The Bertz CT molecular complexity index is 1150. The summed E-state index contributed by atoms with van der Waals surface area (Å²) in [6, 6.07) is 8.51. The van der Waals surface area contributed by atoms with Crippen molar-refractivity contribution in [1.29, 1.82) is 0 Å². The van der Waals surface area contributed by atoms with Crippen LogP contribution in [0.1, 0.15) is 11.3 Å². The molecule has 3 aromatic heterocycles. The van der Waals surface area contributed by atoms with Gasteiger partial charge < -0.3 is 0 Å². The number of hydrogen-bond donors (Lipinski definition) is 0. The molecule has 0 saturated carbocycles. The smallest absolute Gasteiger partial charge is 0.276 e.